The molecule has 3 aromatic rings. The first kappa shape index (κ1) is 21.8. The van der Waals surface area contributed by atoms with Crippen molar-refractivity contribution in [2.75, 3.05) is 23.3 Å². The topological polar surface area (TPSA) is 67.2 Å². The van der Waals surface area contributed by atoms with Gasteiger partial charge in [0.25, 0.3) is 5.91 Å². The largest absolute Gasteiger partial charge is 0.372 e. The average molecular weight is 431 g/mol. The summed E-state index contributed by atoms with van der Waals surface area (Å²) in [5.74, 6) is 0.0254. The number of carbonyl (C=O) groups excluding carboxylic acids is 2. The van der Waals surface area contributed by atoms with Gasteiger partial charge in [-0.15, -0.1) is 0 Å². The van der Waals surface area contributed by atoms with Crippen LogP contribution in [0.15, 0.2) is 42.5 Å². The van der Waals surface area contributed by atoms with Crippen molar-refractivity contribution in [1.82, 2.24) is 9.78 Å². The lowest BCUT2D eigenvalue weighted by molar-refractivity contribution is 0.0970. The monoisotopic (exact) mass is 430 g/mol. The molecule has 0 fully saturated rings. The Balaban J connectivity index is 1.52. The minimum Gasteiger partial charge on any atom is -0.372 e. The standard InChI is InChI=1S/C26H30N4O2/c1-5-29(6-2)21-14-15-22(17(3)16-21)27-26(32)19-10-12-20(13-11-19)30-23-8-7-9-24(31)25(23)18(4)28-30/h10-16H,5-9H2,1-4H3,(H,27,32). The first-order chi connectivity index (χ1) is 15.4. The number of nitrogens with one attached hydrogen (secondary N) is 1. The number of hydrogen-bond donors (Lipinski definition) is 1. The highest BCUT2D eigenvalue weighted by atomic mass is 16.1. The molecule has 1 aliphatic carbocycles. The third-order valence-corrected chi connectivity index (χ3v) is 6.21. The van der Waals surface area contributed by atoms with E-state index >= 15 is 0 Å². The van der Waals surface area contributed by atoms with E-state index in [1.165, 1.54) is 0 Å². The lowest BCUT2D eigenvalue weighted by atomic mass is 9.94. The van der Waals surface area contributed by atoms with E-state index in [2.05, 4.69) is 35.2 Å². The number of aryl methyl sites for hydroxylation is 2. The van der Waals surface area contributed by atoms with Gasteiger partial charge in [-0.2, -0.15) is 5.10 Å². The zero-order valence-electron chi connectivity index (χ0n) is 19.2. The van der Waals surface area contributed by atoms with Gasteiger partial charge in [0.2, 0.25) is 0 Å². The zero-order chi connectivity index (χ0) is 22.8. The van der Waals surface area contributed by atoms with Gasteiger partial charge >= 0.3 is 0 Å². The molecule has 0 atom stereocenters. The lowest BCUT2D eigenvalue weighted by Gasteiger charge is -2.22. The van der Waals surface area contributed by atoms with Crippen molar-refractivity contribution in [1.29, 1.82) is 0 Å². The summed E-state index contributed by atoms with van der Waals surface area (Å²) in [7, 11) is 0. The molecule has 0 spiro atoms. The van der Waals surface area contributed by atoms with Crippen molar-refractivity contribution in [2.45, 2.75) is 47.0 Å². The van der Waals surface area contributed by atoms with E-state index in [0.29, 0.717) is 12.0 Å². The van der Waals surface area contributed by atoms with E-state index < -0.39 is 0 Å². The molecular weight excluding hydrogens is 400 g/mol. The first-order valence-corrected chi connectivity index (χ1v) is 11.3. The van der Waals surface area contributed by atoms with E-state index in [1.54, 1.807) is 12.1 Å². The molecule has 166 valence electrons. The summed E-state index contributed by atoms with van der Waals surface area (Å²) >= 11 is 0. The number of fused-ring (bicyclic) bond motifs is 1. The highest BCUT2D eigenvalue weighted by Crippen LogP contribution is 2.27. The fourth-order valence-corrected chi connectivity index (χ4v) is 4.45. The third kappa shape index (κ3) is 4.05. The van der Waals surface area contributed by atoms with Gasteiger partial charge in [0.1, 0.15) is 0 Å². The van der Waals surface area contributed by atoms with E-state index in [4.69, 9.17) is 0 Å². The number of ketones is 1. The molecule has 0 aliphatic heterocycles. The third-order valence-electron chi connectivity index (χ3n) is 6.21. The number of nitrogens with zero attached hydrogens (tertiary/aromatic N) is 3. The molecule has 1 N–H and O–H groups in total. The van der Waals surface area contributed by atoms with Gasteiger partial charge in [0, 0.05) is 36.4 Å². The molecule has 0 radical (unpaired) electrons. The lowest BCUT2D eigenvalue weighted by Crippen LogP contribution is -2.22. The molecule has 32 heavy (non-hydrogen) atoms. The fourth-order valence-electron chi connectivity index (χ4n) is 4.45. The summed E-state index contributed by atoms with van der Waals surface area (Å²) in [6.45, 7) is 10.1. The number of aromatic nitrogens is 2. The maximum atomic E-state index is 12.8. The second-order valence-corrected chi connectivity index (χ2v) is 8.27. The van der Waals surface area contributed by atoms with Crippen LogP contribution in [-0.4, -0.2) is 34.6 Å². The van der Waals surface area contributed by atoms with Crippen LogP contribution in [0.4, 0.5) is 11.4 Å². The maximum Gasteiger partial charge on any atom is 0.255 e. The predicted octanol–water partition coefficient (Wildman–Crippen LogP) is 5.11. The molecule has 6 nitrogen and oxygen atoms in total. The second-order valence-electron chi connectivity index (χ2n) is 8.27. The van der Waals surface area contributed by atoms with Crippen molar-refractivity contribution >= 4 is 23.1 Å². The number of hydrogen-bond acceptors (Lipinski definition) is 4. The van der Waals surface area contributed by atoms with Crippen molar-refractivity contribution in [3.8, 4) is 5.69 Å². The van der Waals surface area contributed by atoms with Crippen molar-refractivity contribution in [3.63, 3.8) is 0 Å². The summed E-state index contributed by atoms with van der Waals surface area (Å²) in [5.41, 5.74) is 6.95. The number of rotatable bonds is 6. The molecule has 1 heterocycles. The van der Waals surface area contributed by atoms with Gasteiger partial charge < -0.3 is 10.2 Å². The number of Topliss-reactive ketones (excluding diaryl/α,β-unsaturated/α-hetero) is 1. The van der Waals surface area contributed by atoms with Gasteiger partial charge in [-0.25, -0.2) is 4.68 Å². The van der Waals surface area contributed by atoms with Crippen LogP contribution in [0.1, 0.15) is 64.4 Å². The summed E-state index contributed by atoms with van der Waals surface area (Å²) in [5, 5.41) is 7.62. The van der Waals surface area contributed by atoms with Crippen molar-refractivity contribution < 1.29 is 9.59 Å². The van der Waals surface area contributed by atoms with Gasteiger partial charge in [0.15, 0.2) is 5.78 Å². The minimum atomic E-state index is -0.149. The Kier molecular flexibility index (Phi) is 6.12. The highest BCUT2D eigenvalue weighted by molar-refractivity contribution is 6.05. The summed E-state index contributed by atoms with van der Waals surface area (Å²) < 4.78 is 1.85. The molecule has 0 bridgehead atoms. The minimum absolute atomic E-state index is 0.149. The SMILES string of the molecule is CCN(CC)c1ccc(NC(=O)c2ccc(-n3nc(C)c4c3CCCC4=O)cc2)c(C)c1. The summed E-state index contributed by atoms with van der Waals surface area (Å²) in [6, 6.07) is 13.5. The van der Waals surface area contributed by atoms with Crippen LogP contribution >= 0.6 is 0 Å². The number of amides is 1. The van der Waals surface area contributed by atoms with Gasteiger partial charge in [-0.05, 0) is 88.6 Å². The molecule has 0 saturated heterocycles. The zero-order valence-corrected chi connectivity index (χ0v) is 19.2. The molecule has 0 unspecified atom stereocenters. The molecule has 6 heteroatoms. The Labute approximate surface area is 189 Å². The van der Waals surface area contributed by atoms with Crippen LogP contribution in [0.5, 0.6) is 0 Å². The van der Waals surface area contributed by atoms with Gasteiger partial charge in [-0.1, -0.05) is 0 Å². The van der Waals surface area contributed by atoms with Crippen LogP contribution in [0.3, 0.4) is 0 Å². The highest BCUT2D eigenvalue weighted by Gasteiger charge is 2.25. The predicted molar refractivity (Wildman–Crippen MR) is 128 cm³/mol. The second kappa shape index (κ2) is 8.99. The summed E-state index contributed by atoms with van der Waals surface area (Å²) in [4.78, 5) is 27.4. The van der Waals surface area contributed by atoms with Crippen LogP contribution in [-0.2, 0) is 6.42 Å². The Morgan fingerprint density at radius 3 is 2.44 bits per heavy atom. The number of carbonyl (C=O) groups is 2. The summed E-state index contributed by atoms with van der Waals surface area (Å²) in [6.07, 6.45) is 2.28. The molecule has 0 saturated carbocycles. The van der Waals surface area contributed by atoms with Crippen LogP contribution < -0.4 is 10.2 Å². The quantitative estimate of drug-likeness (QED) is 0.590. The normalized spacial score (nSPS) is 13.1. The van der Waals surface area contributed by atoms with Crippen molar-refractivity contribution in [3.05, 3.63) is 70.5 Å². The average Bonchev–Trinajstić information content (AvgIpc) is 3.14. The van der Waals surface area contributed by atoms with Crippen LogP contribution in [0.2, 0.25) is 0 Å². The molecular formula is C26H30N4O2. The Morgan fingerprint density at radius 1 is 1.06 bits per heavy atom. The van der Waals surface area contributed by atoms with E-state index in [0.717, 1.165) is 65.5 Å². The molecule has 1 aromatic heterocycles. The fraction of sp³-hybridized carbons (Fsp3) is 0.346. The van der Waals surface area contributed by atoms with Gasteiger partial charge in [0.05, 0.1) is 22.6 Å². The number of benzene rings is 2. The van der Waals surface area contributed by atoms with Crippen LogP contribution in [0, 0.1) is 13.8 Å². The van der Waals surface area contributed by atoms with Crippen molar-refractivity contribution in [2.24, 2.45) is 0 Å². The smallest absolute Gasteiger partial charge is 0.255 e. The first-order valence-electron chi connectivity index (χ1n) is 11.3. The maximum absolute atomic E-state index is 12.8. The van der Waals surface area contributed by atoms with Gasteiger partial charge in [-0.3, -0.25) is 9.59 Å². The van der Waals surface area contributed by atoms with E-state index in [1.807, 2.05) is 42.8 Å². The van der Waals surface area contributed by atoms with E-state index in [9.17, 15) is 9.59 Å². The Hall–Kier alpha value is -3.41. The van der Waals surface area contributed by atoms with Crippen LogP contribution in [0.25, 0.3) is 5.69 Å². The molecule has 2 aromatic carbocycles. The number of anilines is 2. The van der Waals surface area contributed by atoms with E-state index in [-0.39, 0.29) is 11.7 Å². The molecule has 4 rings (SSSR count). The Morgan fingerprint density at radius 2 is 1.78 bits per heavy atom. The molecule has 1 amide bonds. The Bertz CT molecular complexity index is 1160. The molecule has 1 aliphatic rings.